The van der Waals surface area contributed by atoms with Crippen LogP contribution in [0.2, 0.25) is 0 Å². The van der Waals surface area contributed by atoms with Crippen molar-refractivity contribution in [3.8, 4) is 0 Å². The number of benzene rings is 1. The Bertz CT molecular complexity index is 366. The van der Waals surface area contributed by atoms with Crippen molar-refractivity contribution in [1.29, 1.82) is 0 Å². The van der Waals surface area contributed by atoms with Crippen molar-refractivity contribution in [3.63, 3.8) is 0 Å². The van der Waals surface area contributed by atoms with Crippen LogP contribution in [0.25, 0.3) is 6.08 Å². The molecule has 2 rings (SSSR count). The number of rotatable bonds is 3. The third-order valence-corrected chi connectivity index (χ3v) is 3.75. The van der Waals surface area contributed by atoms with E-state index in [0.717, 1.165) is 5.92 Å². The van der Waals surface area contributed by atoms with Gasteiger partial charge >= 0.3 is 0 Å². The van der Waals surface area contributed by atoms with E-state index in [2.05, 4.69) is 49.5 Å². The number of hydrogen-bond acceptors (Lipinski definition) is 1. The summed E-state index contributed by atoms with van der Waals surface area (Å²) < 4.78 is 0. The normalized spacial score (nSPS) is 17.8. The predicted molar refractivity (Wildman–Crippen MR) is 75.2 cm³/mol. The molecule has 1 aliphatic rings. The van der Waals surface area contributed by atoms with E-state index in [1.54, 1.807) is 0 Å². The predicted octanol–water partition coefficient (Wildman–Crippen LogP) is 3.71. The molecule has 1 fully saturated rings. The topological polar surface area (TPSA) is 12.0 Å². The lowest BCUT2D eigenvalue weighted by atomic mass is 9.93. The zero-order chi connectivity index (χ0) is 12.1. The van der Waals surface area contributed by atoms with Gasteiger partial charge in [-0.15, -0.1) is 0 Å². The van der Waals surface area contributed by atoms with Gasteiger partial charge in [0.05, 0.1) is 0 Å². The van der Waals surface area contributed by atoms with Crippen molar-refractivity contribution in [2.24, 2.45) is 5.92 Å². The molecule has 1 nitrogen and oxygen atoms in total. The highest BCUT2D eigenvalue weighted by Gasteiger charge is 2.10. The van der Waals surface area contributed by atoms with E-state index >= 15 is 0 Å². The molecule has 17 heavy (non-hydrogen) atoms. The molecule has 0 amide bonds. The Hall–Kier alpha value is -1.08. The fourth-order valence-electron chi connectivity index (χ4n) is 2.59. The summed E-state index contributed by atoms with van der Waals surface area (Å²) >= 11 is 0. The maximum Gasteiger partial charge on any atom is -0.00462 e. The van der Waals surface area contributed by atoms with Crippen molar-refractivity contribution >= 4 is 6.08 Å². The van der Waals surface area contributed by atoms with E-state index < -0.39 is 0 Å². The van der Waals surface area contributed by atoms with Crippen LogP contribution >= 0.6 is 0 Å². The summed E-state index contributed by atoms with van der Waals surface area (Å²) in [5.74, 6) is 0.886. The monoisotopic (exact) mass is 229 g/mol. The third kappa shape index (κ3) is 3.44. The highest BCUT2D eigenvalue weighted by molar-refractivity contribution is 5.57. The molecule has 1 N–H and O–H groups in total. The number of nitrogens with one attached hydrogen (secondary N) is 1. The van der Waals surface area contributed by atoms with E-state index in [9.17, 15) is 0 Å². The molecule has 1 aromatic rings. The summed E-state index contributed by atoms with van der Waals surface area (Å²) in [5, 5.41) is 3.42. The average Bonchev–Trinajstić information content (AvgIpc) is 2.34. The van der Waals surface area contributed by atoms with Gasteiger partial charge < -0.3 is 5.32 Å². The van der Waals surface area contributed by atoms with Crippen LogP contribution in [-0.4, -0.2) is 13.1 Å². The number of piperidine rings is 1. The number of hydrogen-bond donors (Lipinski definition) is 1. The largest absolute Gasteiger partial charge is 0.317 e. The minimum absolute atomic E-state index is 0.886. The van der Waals surface area contributed by atoms with Gasteiger partial charge in [0.1, 0.15) is 0 Å². The van der Waals surface area contributed by atoms with Gasteiger partial charge in [-0.1, -0.05) is 30.4 Å². The second kappa shape index (κ2) is 6.02. The smallest absolute Gasteiger partial charge is 0.00462 e. The zero-order valence-electron chi connectivity index (χ0n) is 11.0. The Morgan fingerprint density at radius 3 is 2.47 bits per heavy atom. The number of allylic oxidation sites excluding steroid dienone is 1. The molecular formula is C16H23N. The lowest BCUT2D eigenvalue weighted by Crippen LogP contribution is -2.27. The first-order valence-corrected chi connectivity index (χ1v) is 6.71. The van der Waals surface area contributed by atoms with Crippen molar-refractivity contribution in [3.05, 3.63) is 41.0 Å². The maximum absolute atomic E-state index is 3.42. The molecule has 0 unspecified atom stereocenters. The first-order chi connectivity index (χ1) is 8.27. The lowest BCUT2D eigenvalue weighted by molar-refractivity contribution is 0.378. The Morgan fingerprint density at radius 1 is 1.18 bits per heavy atom. The first-order valence-electron chi connectivity index (χ1n) is 6.71. The molecule has 0 saturated carbocycles. The second-order valence-electron chi connectivity index (χ2n) is 5.14. The molecule has 1 heteroatoms. The van der Waals surface area contributed by atoms with Gasteiger partial charge in [0.15, 0.2) is 0 Å². The summed E-state index contributed by atoms with van der Waals surface area (Å²) in [4.78, 5) is 0. The van der Waals surface area contributed by atoms with Gasteiger partial charge in [-0.2, -0.15) is 0 Å². The van der Waals surface area contributed by atoms with Crippen LogP contribution in [0.5, 0.6) is 0 Å². The average molecular weight is 229 g/mol. The first kappa shape index (κ1) is 12.4. The molecule has 0 aromatic heterocycles. The van der Waals surface area contributed by atoms with Crippen LogP contribution in [-0.2, 0) is 0 Å². The van der Waals surface area contributed by atoms with Gasteiger partial charge in [-0.05, 0) is 68.8 Å². The summed E-state index contributed by atoms with van der Waals surface area (Å²) in [6.07, 6.45) is 8.57. The van der Waals surface area contributed by atoms with Crippen LogP contribution < -0.4 is 5.32 Å². The molecule has 1 aliphatic heterocycles. The Morgan fingerprint density at radius 2 is 1.82 bits per heavy atom. The molecule has 1 aromatic carbocycles. The Labute approximate surface area is 105 Å². The molecule has 1 saturated heterocycles. The molecule has 0 bridgehead atoms. The molecule has 0 spiro atoms. The highest BCUT2D eigenvalue weighted by atomic mass is 14.9. The second-order valence-corrected chi connectivity index (χ2v) is 5.14. The van der Waals surface area contributed by atoms with E-state index in [4.69, 9.17) is 0 Å². The fourth-order valence-corrected chi connectivity index (χ4v) is 2.59. The summed E-state index contributed by atoms with van der Waals surface area (Å²) in [6.45, 7) is 6.78. The molecule has 92 valence electrons. The minimum Gasteiger partial charge on any atom is -0.317 e. The van der Waals surface area contributed by atoms with Crippen molar-refractivity contribution in [1.82, 2.24) is 5.32 Å². The molecule has 0 atom stereocenters. The minimum atomic E-state index is 0.886. The molecular weight excluding hydrogens is 206 g/mol. The Kier molecular flexibility index (Phi) is 4.38. The summed E-state index contributed by atoms with van der Waals surface area (Å²) in [5.41, 5.74) is 4.17. The maximum atomic E-state index is 3.42. The van der Waals surface area contributed by atoms with Crippen LogP contribution in [0.4, 0.5) is 0 Å². The molecule has 1 heterocycles. The van der Waals surface area contributed by atoms with Crippen molar-refractivity contribution < 1.29 is 0 Å². The van der Waals surface area contributed by atoms with Gasteiger partial charge in [-0.25, -0.2) is 0 Å². The summed E-state index contributed by atoms with van der Waals surface area (Å²) in [7, 11) is 0. The standard InChI is InChI=1S/C16H23N/c1-13-5-3-6-14(2)16(13)8-4-7-15-9-11-17-12-10-15/h3-6,8,15,17H,7,9-12H2,1-2H3. The van der Waals surface area contributed by atoms with Crippen molar-refractivity contribution in [2.75, 3.05) is 13.1 Å². The van der Waals surface area contributed by atoms with Crippen LogP contribution in [0.15, 0.2) is 24.3 Å². The van der Waals surface area contributed by atoms with Crippen LogP contribution in [0.1, 0.15) is 36.0 Å². The van der Waals surface area contributed by atoms with E-state index in [1.165, 1.54) is 49.0 Å². The van der Waals surface area contributed by atoms with Gasteiger partial charge in [0.25, 0.3) is 0 Å². The Balaban J connectivity index is 1.95. The van der Waals surface area contributed by atoms with E-state index in [0.29, 0.717) is 0 Å². The van der Waals surface area contributed by atoms with Gasteiger partial charge in [-0.3, -0.25) is 0 Å². The van der Waals surface area contributed by atoms with Crippen molar-refractivity contribution in [2.45, 2.75) is 33.1 Å². The summed E-state index contributed by atoms with van der Waals surface area (Å²) in [6, 6.07) is 6.52. The molecule has 0 radical (unpaired) electrons. The zero-order valence-corrected chi connectivity index (χ0v) is 11.0. The SMILES string of the molecule is Cc1cccc(C)c1C=CCC1CCNCC1. The van der Waals surface area contributed by atoms with Gasteiger partial charge in [0.2, 0.25) is 0 Å². The fraction of sp³-hybridized carbons (Fsp3) is 0.500. The highest BCUT2D eigenvalue weighted by Crippen LogP contribution is 2.19. The van der Waals surface area contributed by atoms with E-state index in [1.807, 2.05) is 0 Å². The van der Waals surface area contributed by atoms with E-state index in [-0.39, 0.29) is 0 Å². The molecule has 0 aliphatic carbocycles. The third-order valence-electron chi connectivity index (χ3n) is 3.75. The van der Waals surface area contributed by atoms with Crippen LogP contribution in [0, 0.1) is 19.8 Å². The van der Waals surface area contributed by atoms with Crippen LogP contribution in [0.3, 0.4) is 0 Å². The number of aryl methyl sites for hydroxylation is 2. The lowest BCUT2D eigenvalue weighted by Gasteiger charge is -2.21. The quantitative estimate of drug-likeness (QED) is 0.833. The van der Waals surface area contributed by atoms with Gasteiger partial charge in [0, 0.05) is 0 Å².